The fourth-order valence-corrected chi connectivity index (χ4v) is 2.72. The fourth-order valence-electron chi connectivity index (χ4n) is 1.51. The van der Waals surface area contributed by atoms with Crippen molar-refractivity contribution in [3.05, 3.63) is 30.3 Å². The molecule has 0 saturated heterocycles. The number of carboxylic acid groups (broad SMARTS) is 1. The maximum absolute atomic E-state index is 12.9. The average molecular weight is 365 g/mol. The molecule has 0 heterocycles. The van der Waals surface area contributed by atoms with Gasteiger partial charge in [0.1, 0.15) is 0 Å². The summed E-state index contributed by atoms with van der Waals surface area (Å²) in [6, 6.07) is 4.67. The lowest BCUT2D eigenvalue weighted by Gasteiger charge is -2.36. The summed E-state index contributed by atoms with van der Waals surface area (Å²) in [4.78, 5) is 9.34. The lowest BCUT2D eigenvalue weighted by atomic mass is 9.98. The lowest BCUT2D eigenvalue weighted by Crippen LogP contribution is -2.61. The molecule has 0 aliphatic carbocycles. The molecule has 1 rings (SSSR count). The molecule has 0 aliphatic heterocycles. The average Bonchev–Trinajstić information content (AvgIpc) is 2.35. The van der Waals surface area contributed by atoms with Crippen LogP contribution >= 0.6 is 0 Å². The highest BCUT2D eigenvalue weighted by Crippen LogP contribution is 2.49. The van der Waals surface area contributed by atoms with E-state index in [1.54, 1.807) is 0 Å². The molecule has 0 N–H and O–H groups in total. The first-order valence-corrected chi connectivity index (χ1v) is 6.98. The summed E-state index contributed by atoms with van der Waals surface area (Å²) in [6.45, 7) is 0. The van der Waals surface area contributed by atoms with Gasteiger partial charge in [-0.25, -0.2) is 4.18 Å². The van der Waals surface area contributed by atoms with Crippen molar-refractivity contribution < 1.29 is 48.8 Å². The predicted octanol–water partition coefficient (Wildman–Crippen LogP) is 1.40. The SMILES string of the molecule is O=C([O-])CC(OS(=O)(=O)c1ccccc1)(C(F)(F)F)C(F)(F)F. The molecule has 0 saturated carbocycles. The van der Waals surface area contributed by atoms with E-state index < -0.39 is 45.4 Å². The second-order valence-corrected chi connectivity index (χ2v) is 5.77. The van der Waals surface area contributed by atoms with Gasteiger partial charge in [0, 0.05) is 12.4 Å². The molecule has 0 atom stereocenters. The van der Waals surface area contributed by atoms with Gasteiger partial charge in [-0.05, 0) is 12.1 Å². The Hall–Kier alpha value is -1.82. The maximum atomic E-state index is 12.9. The van der Waals surface area contributed by atoms with E-state index >= 15 is 0 Å². The van der Waals surface area contributed by atoms with E-state index in [0.29, 0.717) is 12.1 Å². The van der Waals surface area contributed by atoms with Crippen molar-refractivity contribution >= 4 is 16.1 Å². The highest BCUT2D eigenvalue weighted by molar-refractivity contribution is 7.86. The van der Waals surface area contributed by atoms with Gasteiger partial charge in [0.2, 0.25) is 0 Å². The Kier molecular flexibility index (Phi) is 5.01. The van der Waals surface area contributed by atoms with Crippen LogP contribution in [0.4, 0.5) is 26.3 Å². The van der Waals surface area contributed by atoms with Crippen molar-refractivity contribution in [2.75, 3.05) is 0 Å². The Labute approximate surface area is 125 Å². The molecule has 1 aromatic carbocycles. The molecular formula is C11H7F6O5S-. The first kappa shape index (κ1) is 19.2. The van der Waals surface area contributed by atoms with Gasteiger partial charge < -0.3 is 9.90 Å². The summed E-state index contributed by atoms with van der Waals surface area (Å²) >= 11 is 0. The number of hydrogen-bond acceptors (Lipinski definition) is 5. The van der Waals surface area contributed by atoms with Gasteiger partial charge >= 0.3 is 12.4 Å². The van der Waals surface area contributed by atoms with Crippen molar-refractivity contribution in [3.8, 4) is 0 Å². The number of carboxylic acids is 1. The highest BCUT2D eigenvalue weighted by Gasteiger charge is 2.74. The monoisotopic (exact) mass is 365 g/mol. The van der Waals surface area contributed by atoms with Gasteiger partial charge in [-0.2, -0.15) is 34.8 Å². The molecule has 23 heavy (non-hydrogen) atoms. The minimum Gasteiger partial charge on any atom is -0.550 e. The number of aliphatic carboxylic acids is 1. The Morgan fingerprint density at radius 2 is 1.43 bits per heavy atom. The van der Waals surface area contributed by atoms with Crippen LogP contribution in [0.3, 0.4) is 0 Å². The van der Waals surface area contributed by atoms with Crippen LogP contribution in [0, 0.1) is 0 Å². The summed E-state index contributed by atoms with van der Waals surface area (Å²) in [7, 11) is -5.56. The van der Waals surface area contributed by atoms with Gasteiger partial charge in [-0.15, -0.1) is 0 Å². The number of hydrogen-bond donors (Lipinski definition) is 0. The molecule has 5 nitrogen and oxygen atoms in total. The zero-order chi connectivity index (χ0) is 18.1. The fraction of sp³-hybridized carbons (Fsp3) is 0.364. The van der Waals surface area contributed by atoms with E-state index in [0.717, 1.165) is 12.1 Å². The molecule has 0 unspecified atom stereocenters. The number of benzene rings is 1. The van der Waals surface area contributed by atoms with Crippen LogP contribution in [0.15, 0.2) is 35.2 Å². The van der Waals surface area contributed by atoms with Crippen LogP contribution in [0.1, 0.15) is 6.42 Å². The highest BCUT2D eigenvalue weighted by atomic mass is 32.2. The van der Waals surface area contributed by atoms with Gasteiger partial charge in [0.15, 0.2) is 0 Å². The third-order valence-electron chi connectivity index (χ3n) is 2.59. The summed E-state index contributed by atoms with van der Waals surface area (Å²) in [5.74, 6) is -2.79. The normalized spacial score (nSPS) is 13.8. The lowest BCUT2D eigenvalue weighted by molar-refractivity contribution is -0.370. The maximum Gasteiger partial charge on any atom is 0.428 e. The minimum absolute atomic E-state index is 0.686. The summed E-state index contributed by atoms with van der Waals surface area (Å²) in [5.41, 5.74) is -5.46. The van der Waals surface area contributed by atoms with Crippen LogP contribution in [-0.2, 0) is 19.1 Å². The number of alkyl halides is 6. The third-order valence-corrected chi connectivity index (χ3v) is 3.95. The summed E-state index contributed by atoms with van der Waals surface area (Å²) in [5, 5.41) is 10.3. The molecule has 0 aromatic heterocycles. The Morgan fingerprint density at radius 3 is 1.78 bits per heavy atom. The van der Waals surface area contributed by atoms with Crippen LogP contribution < -0.4 is 5.11 Å². The standard InChI is InChI=1S/C11H8F6O5S/c12-10(13,14)9(6-8(18)19,11(15,16)17)22-23(20,21)7-4-2-1-3-5-7/h1-5H,6H2,(H,18,19)/p-1. The van der Waals surface area contributed by atoms with E-state index in [9.17, 15) is 44.7 Å². The minimum atomic E-state index is -6.38. The van der Waals surface area contributed by atoms with Crippen LogP contribution in [-0.4, -0.2) is 32.3 Å². The predicted molar refractivity (Wildman–Crippen MR) is 59.2 cm³/mol. The van der Waals surface area contributed by atoms with E-state index in [1.165, 1.54) is 6.07 Å². The smallest absolute Gasteiger partial charge is 0.428 e. The molecule has 12 heteroatoms. The first-order chi connectivity index (χ1) is 10.2. The van der Waals surface area contributed by atoms with E-state index in [4.69, 9.17) is 0 Å². The van der Waals surface area contributed by atoms with Crippen molar-refractivity contribution in [1.82, 2.24) is 0 Å². The van der Waals surface area contributed by atoms with Crippen molar-refractivity contribution in [2.45, 2.75) is 29.3 Å². The number of halogens is 6. The van der Waals surface area contributed by atoms with Crippen LogP contribution in [0.5, 0.6) is 0 Å². The van der Waals surface area contributed by atoms with Crippen molar-refractivity contribution in [3.63, 3.8) is 0 Å². The summed E-state index contributed by atoms with van der Waals surface area (Å²) < 4.78 is 104. The molecule has 0 aliphatic rings. The largest absolute Gasteiger partial charge is 0.550 e. The Balaban J connectivity index is 3.50. The second-order valence-electron chi connectivity index (χ2n) is 4.22. The zero-order valence-electron chi connectivity index (χ0n) is 10.8. The van der Waals surface area contributed by atoms with Gasteiger partial charge in [0.05, 0.1) is 4.90 Å². The second kappa shape index (κ2) is 6.00. The Morgan fingerprint density at radius 1 is 1.00 bits per heavy atom. The molecule has 0 bridgehead atoms. The molecule has 0 spiro atoms. The number of rotatable bonds is 5. The molecule has 0 amide bonds. The topological polar surface area (TPSA) is 83.5 Å². The summed E-state index contributed by atoms with van der Waals surface area (Å²) in [6.07, 6.45) is -15.5. The molecule has 0 radical (unpaired) electrons. The zero-order valence-corrected chi connectivity index (χ0v) is 11.6. The van der Waals surface area contributed by atoms with Gasteiger partial charge in [-0.3, -0.25) is 0 Å². The molecular weight excluding hydrogens is 358 g/mol. The van der Waals surface area contributed by atoms with E-state index in [1.807, 2.05) is 0 Å². The number of carbonyl (C=O) groups excluding carboxylic acids is 1. The molecule has 1 aromatic rings. The number of carbonyl (C=O) groups is 1. The quantitative estimate of drug-likeness (QED) is 0.582. The van der Waals surface area contributed by atoms with E-state index in [2.05, 4.69) is 4.18 Å². The molecule has 130 valence electrons. The van der Waals surface area contributed by atoms with Gasteiger partial charge in [-0.1, -0.05) is 18.2 Å². The van der Waals surface area contributed by atoms with Crippen molar-refractivity contribution in [1.29, 1.82) is 0 Å². The van der Waals surface area contributed by atoms with Gasteiger partial charge in [0.25, 0.3) is 15.7 Å². The third kappa shape index (κ3) is 3.93. The Bertz CT molecular complexity index is 650. The van der Waals surface area contributed by atoms with Crippen LogP contribution in [0.25, 0.3) is 0 Å². The molecule has 0 fully saturated rings. The first-order valence-electron chi connectivity index (χ1n) is 5.57. The van der Waals surface area contributed by atoms with Crippen molar-refractivity contribution in [2.24, 2.45) is 0 Å². The van der Waals surface area contributed by atoms with Crippen LogP contribution in [0.2, 0.25) is 0 Å². The van der Waals surface area contributed by atoms with E-state index in [-0.39, 0.29) is 0 Å².